The van der Waals surface area contributed by atoms with E-state index in [-0.39, 0.29) is 17.0 Å². The first-order valence-electron chi connectivity index (χ1n) is 6.67. The minimum absolute atomic E-state index is 0.103. The molecule has 2 N–H and O–H groups in total. The second-order valence-corrected chi connectivity index (χ2v) is 5.78. The number of nitrogens with zero attached hydrogens (tertiary/aromatic N) is 2. The molecule has 1 unspecified atom stereocenters. The number of hydrogen-bond acceptors (Lipinski definition) is 5. The van der Waals surface area contributed by atoms with Crippen LogP contribution in [0.15, 0.2) is 53.7 Å². The normalized spacial score (nSPS) is 19.2. The van der Waals surface area contributed by atoms with E-state index in [2.05, 4.69) is 20.6 Å². The van der Waals surface area contributed by atoms with Gasteiger partial charge in [-0.3, -0.25) is 4.79 Å². The second kappa shape index (κ2) is 6.57. The van der Waals surface area contributed by atoms with Gasteiger partial charge in [0.25, 0.3) is 0 Å². The Bertz CT molecular complexity index is 690. The zero-order valence-corrected chi connectivity index (χ0v) is 12.3. The number of hydrogen-bond donors (Lipinski definition) is 2. The molecule has 0 bridgehead atoms. The van der Waals surface area contributed by atoms with Crippen LogP contribution in [0.3, 0.4) is 0 Å². The van der Waals surface area contributed by atoms with Crippen LogP contribution in [0, 0.1) is 5.82 Å². The number of halogens is 1. The summed E-state index contributed by atoms with van der Waals surface area (Å²) in [6.45, 7) is 0.434. The average molecular weight is 316 g/mol. The second-order valence-electron chi connectivity index (χ2n) is 4.59. The summed E-state index contributed by atoms with van der Waals surface area (Å²) in [5.74, 6) is 0.162. The van der Waals surface area contributed by atoms with E-state index in [1.165, 1.54) is 23.9 Å². The average Bonchev–Trinajstić information content (AvgIpc) is 2.87. The Labute approximate surface area is 131 Å². The molecule has 7 heteroatoms. The van der Waals surface area contributed by atoms with Crippen LogP contribution < -0.4 is 10.6 Å². The fraction of sp³-hybridized carbons (Fsp3) is 0.133. The number of nitrogens with one attached hydrogen (secondary N) is 2. The third-order valence-electron chi connectivity index (χ3n) is 2.98. The molecule has 0 radical (unpaired) electrons. The predicted octanol–water partition coefficient (Wildman–Crippen LogP) is 2.55. The van der Waals surface area contributed by atoms with Gasteiger partial charge >= 0.3 is 0 Å². The number of thioether (sulfide) groups is 1. The highest BCUT2D eigenvalue weighted by molar-refractivity contribution is 8.15. The van der Waals surface area contributed by atoms with Crippen LogP contribution in [0.4, 0.5) is 15.9 Å². The summed E-state index contributed by atoms with van der Waals surface area (Å²) in [5, 5.41) is 6.09. The quantitative estimate of drug-likeness (QED) is 0.910. The maximum absolute atomic E-state index is 12.8. The van der Waals surface area contributed by atoms with Gasteiger partial charge in [-0.1, -0.05) is 17.8 Å². The van der Waals surface area contributed by atoms with Crippen molar-refractivity contribution < 1.29 is 9.18 Å². The van der Waals surface area contributed by atoms with E-state index in [1.54, 1.807) is 30.5 Å². The zero-order chi connectivity index (χ0) is 15.4. The maximum atomic E-state index is 12.8. The highest BCUT2D eigenvalue weighted by Gasteiger charge is 2.30. The molecule has 1 saturated heterocycles. The molecule has 0 aliphatic carbocycles. The number of pyridine rings is 1. The monoisotopic (exact) mass is 316 g/mol. The molecule has 2 heterocycles. The molecule has 0 spiro atoms. The molecule has 1 aliphatic rings. The van der Waals surface area contributed by atoms with E-state index in [1.807, 2.05) is 6.07 Å². The fourth-order valence-corrected chi connectivity index (χ4v) is 2.80. The number of anilines is 1. The highest BCUT2D eigenvalue weighted by atomic mass is 32.2. The van der Waals surface area contributed by atoms with E-state index in [4.69, 9.17) is 0 Å². The van der Waals surface area contributed by atoms with Crippen molar-refractivity contribution in [3.63, 3.8) is 0 Å². The first kappa shape index (κ1) is 14.5. The lowest BCUT2D eigenvalue weighted by molar-refractivity contribution is -0.118. The fourth-order valence-electron chi connectivity index (χ4n) is 1.89. The molecule has 2 aromatic rings. The van der Waals surface area contributed by atoms with Crippen LogP contribution in [0.5, 0.6) is 0 Å². The number of aliphatic imine (C=N–C) groups is 1. The van der Waals surface area contributed by atoms with E-state index in [9.17, 15) is 9.18 Å². The van der Waals surface area contributed by atoms with Crippen LogP contribution in [0.25, 0.3) is 0 Å². The molecule has 112 valence electrons. The van der Waals surface area contributed by atoms with Crippen molar-refractivity contribution in [3.8, 4) is 0 Å². The molecule has 5 nitrogen and oxygen atoms in total. The number of aromatic nitrogens is 1. The van der Waals surface area contributed by atoms with Gasteiger partial charge in [-0.25, -0.2) is 14.4 Å². The summed E-state index contributed by atoms with van der Waals surface area (Å²) in [4.78, 5) is 20.3. The molecule has 22 heavy (non-hydrogen) atoms. The Hall–Kier alpha value is -2.41. The van der Waals surface area contributed by atoms with Crippen molar-refractivity contribution in [1.82, 2.24) is 10.3 Å². The summed E-state index contributed by atoms with van der Waals surface area (Å²) < 4.78 is 12.8. The van der Waals surface area contributed by atoms with E-state index in [0.29, 0.717) is 17.5 Å². The Balaban J connectivity index is 1.60. The van der Waals surface area contributed by atoms with Crippen molar-refractivity contribution >= 4 is 34.3 Å². The largest absolute Gasteiger partial charge is 0.383 e. The van der Waals surface area contributed by atoms with Crippen molar-refractivity contribution in [3.05, 3.63) is 54.5 Å². The third-order valence-corrected chi connectivity index (χ3v) is 4.06. The lowest BCUT2D eigenvalue weighted by Gasteiger charge is -2.08. The smallest absolute Gasteiger partial charge is 0.241 e. The molecule has 1 aliphatic heterocycles. The van der Waals surface area contributed by atoms with E-state index >= 15 is 0 Å². The van der Waals surface area contributed by atoms with Gasteiger partial charge in [0.1, 0.15) is 11.1 Å². The molecule has 1 atom stereocenters. The molecule has 1 amide bonds. The van der Waals surface area contributed by atoms with Crippen LogP contribution in [-0.2, 0) is 4.79 Å². The van der Waals surface area contributed by atoms with Gasteiger partial charge in [0.15, 0.2) is 11.0 Å². The number of rotatable bonds is 4. The minimum Gasteiger partial charge on any atom is -0.383 e. The Kier molecular flexibility index (Phi) is 4.34. The van der Waals surface area contributed by atoms with Crippen LogP contribution >= 0.6 is 11.8 Å². The lowest BCUT2D eigenvalue weighted by atomic mass is 10.3. The number of amides is 1. The molecular weight excluding hydrogens is 303 g/mol. The van der Waals surface area contributed by atoms with Gasteiger partial charge < -0.3 is 10.6 Å². The van der Waals surface area contributed by atoms with Gasteiger partial charge in [0, 0.05) is 18.4 Å². The first-order valence-corrected chi connectivity index (χ1v) is 7.55. The van der Waals surface area contributed by atoms with Crippen LogP contribution in [-0.4, -0.2) is 27.9 Å². The lowest BCUT2D eigenvalue weighted by Crippen LogP contribution is -2.29. The third kappa shape index (κ3) is 3.62. The van der Waals surface area contributed by atoms with Crippen molar-refractivity contribution in [1.29, 1.82) is 0 Å². The van der Waals surface area contributed by atoms with Crippen molar-refractivity contribution in [2.45, 2.75) is 5.25 Å². The number of carbonyl (C=O) groups is 1. The Morgan fingerprint density at radius 3 is 2.82 bits per heavy atom. The van der Waals surface area contributed by atoms with Crippen molar-refractivity contribution in [2.75, 3.05) is 11.9 Å². The van der Waals surface area contributed by atoms with Gasteiger partial charge in [0.2, 0.25) is 5.91 Å². The van der Waals surface area contributed by atoms with Crippen LogP contribution in [0.1, 0.15) is 0 Å². The zero-order valence-electron chi connectivity index (χ0n) is 11.5. The summed E-state index contributed by atoms with van der Waals surface area (Å²) in [5.41, 5.74) is 0.768. The Morgan fingerprint density at radius 2 is 2.09 bits per heavy atom. The topological polar surface area (TPSA) is 66.4 Å². The summed E-state index contributed by atoms with van der Waals surface area (Å²) in [7, 11) is 0. The standard InChI is InChI=1S/C15H13FN4OS/c16-10-4-6-11(7-5-10)18-9-12-14(21)20-15(22-12)19-13-3-1-2-8-17-13/h1-8,12,18H,9H2,(H,17,19,20,21). The van der Waals surface area contributed by atoms with Gasteiger partial charge in [0.05, 0.1) is 0 Å². The van der Waals surface area contributed by atoms with Crippen LogP contribution in [0.2, 0.25) is 0 Å². The first-order chi connectivity index (χ1) is 10.7. The Morgan fingerprint density at radius 1 is 1.27 bits per heavy atom. The number of carbonyl (C=O) groups excluding carboxylic acids is 1. The maximum Gasteiger partial charge on any atom is 0.241 e. The SMILES string of the molecule is O=C1NC(=Nc2ccccn2)SC1CNc1ccc(F)cc1. The molecule has 1 fully saturated rings. The van der Waals surface area contributed by atoms with E-state index < -0.39 is 0 Å². The van der Waals surface area contributed by atoms with Crippen molar-refractivity contribution in [2.24, 2.45) is 4.99 Å². The molecule has 0 saturated carbocycles. The summed E-state index contributed by atoms with van der Waals surface area (Å²) in [6.07, 6.45) is 1.65. The van der Waals surface area contributed by atoms with E-state index in [0.717, 1.165) is 5.69 Å². The highest BCUT2D eigenvalue weighted by Crippen LogP contribution is 2.22. The molecule has 1 aromatic heterocycles. The molecule has 1 aromatic carbocycles. The summed E-state index contributed by atoms with van der Waals surface area (Å²) in [6, 6.07) is 11.4. The van der Waals surface area contributed by atoms with Gasteiger partial charge in [-0.15, -0.1) is 0 Å². The number of benzene rings is 1. The molecule has 3 rings (SSSR count). The molecular formula is C15H13FN4OS. The minimum atomic E-state index is -0.289. The number of amidine groups is 1. The predicted molar refractivity (Wildman–Crippen MR) is 85.7 cm³/mol. The van der Waals surface area contributed by atoms with Gasteiger partial charge in [-0.2, -0.15) is 0 Å². The summed E-state index contributed by atoms with van der Waals surface area (Å²) >= 11 is 1.35. The van der Waals surface area contributed by atoms with Gasteiger partial charge in [-0.05, 0) is 36.4 Å².